The summed E-state index contributed by atoms with van der Waals surface area (Å²) in [6, 6.07) is 5.50. The van der Waals surface area contributed by atoms with Crippen molar-refractivity contribution >= 4 is 22.1 Å². The molecule has 8 heteroatoms. The van der Waals surface area contributed by atoms with Gasteiger partial charge in [0.05, 0.1) is 16.4 Å². The lowest BCUT2D eigenvalue weighted by Crippen LogP contribution is -2.35. The van der Waals surface area contributed by atoms with Crippen LogP contribution in [-0.2, 0) is 13.0 Å². The molecule has 1 fully saturated rings. The molecule has 2 aliphatic heterocycles. The van der Waals surface area contributed by atoms with E-state index in [1.807, 2.05) is 12.1 Å². The lowest BCUT2D eigenvalue weighted by molar-refractivity contribution is -0.383. The monoisotopic (exact) mass is 378 g/mol. The zero-order chi connectivity index (χ0) is 19.1. The topological polar surface area (TPSA) is 90.0 Å². The number of hydrogen-bond acceptors (Lipinski definition) is 6. The molecule has 1 aromatic carbocycles. The van der Waals surface area contributed by atoms with Gasteiger partial charge in [0.25, 0.3) is 5.69 Å². The van der Waals surface area contributed by atoms with Gasteiger partial charge < -0.3 is 9.47 Å². The second-order valence-corrected chi connectivity index (χ2v) is 7.57. The molecule has 5 rings (SSSR count). The first kappa shape index (κ1) is 17.1. The lowest BCUT2D eigenvalue weighted by atomic mass is 9.98. The molecule has 3 aromatic rings. The number of nitro benzene ring substituents is 1. The molecule has 2 aromatic heterocycles. The van der Waals surface area contributed by atoms with Crippen LogP contribution in [0.15, 0.2) is 30.6 Å². The molecule has 0 N–H and O–H groups in total. The van der Waals surface area contributed by atoms with Crippen LogP contribution in [0.1, 0.15) is 49.8 Å². The summed E-state index contributed by atoms with van der Waals surface area (Å²) in [5.74, 6) is 2.12. The minimum atomic E-state index is -0.337. The van der Waals surface area contributed by atoms with Gasteiger partial charge in [-0.3, -0.25) is 15.1 Å². The van der Waals surface area contributed by atoms with Gasteiger partial charge in [-0.15, -0.1) is 10.2 Å². The Morgan fingerprint density at radius 3 is 2.82 bits per heavy atom. The summed E-state index contributed by atoms with van der Waals surface area (Å²) >= 11 is 0. The standard InChI is InChI=1S/C20H22N6O2/c27-26(28)17-8-7-16(14-9-10-21-13-15(14)17)24-11-3-1-5-18(24)20-23-22-19-6-2-4-12-25(19)20/h7-10,13,18H,1-6,11-12H2. The van der Waals surface area contributed by atoms with Gasteiger partial charge in [0.1, 0.15) is 5.82 Å². The molecule has 1 atom stereocenters. The van der Waals surface area contributed by atoms with Crippen molar-refractivity contribution in [2.75, 3.05) is 11.4 Å². The Bertz CT molecular complexity index is 1050. The molecule has 0 saturated carbocycles. The number of nitro groups is 1. The molecule has 0 bridgehead atoms. The van der Waals surface area contributed by atoms with Gasteiger partial charge in [-0.25, -0.2) is 0 Å². The van der Waals surface area contributed by atoms with Crippen LogP contribution in [0.5, 0.6) is 0 Å². The number of aryl methyl sites for hydroxylation is 1. The van der Waals surface area contributed by atoms with Crippen LogP contribution >= 0.6 is 0 Å². The Hall–Kier alpha value is -3.03. The fourth-order valence-corrected chi connectivity index (χ4v) is 4.63. The molecule has 4 heterocycles. The van der Waals surface area contributed by atoms with Crippen LogP contribution < -0.4 is 4.90 Å². The molecular formula is C20H22N6O2. The number of nitrogens with zero attached hydrogens (tertiary/aromatic N) is 6. The van der Waals surface area contributed by atoms with E-state index in [0.29, 0.717) is 5.39 Å². The Balaban J connectivity index is 1.62. The molecule has 28 heavy (non-hydrogen) atoms. The number of benzene rings is 1. The third-order valence-corrected chi connectivity index (χ3v) is 5.97. The van der Waals surface area contributed by atoms with Crippen molar-refractivity contribution in [3.05, 3.63) is 52.4 Å². The second-order valence-electron chi connectivity index (χ2n) is 7.57. The number of aromatic nitrogens is 4. The normalized spacial score (nSPS) is 19.6. The largest absolute Gasteiger partial charge is 0.361 e. The maximum atomic E-state index is 11.5. The fraction of sp³-hybridized carbons (Fsp3) is 0.450. The van der Waals surface area contributed by atoms with E-state index in [4.69, 9.17) is 0 Å². The first-order valence-corrected chi connectivity index (χ1v) is 9.94. The van der Waals surface area contributed by atoms with Crippen LogP contribution in [0.4, 0.5) is 11.4 Å². The molecule has 2 aliphatic rings. The van der Waals surface area contributed by atoms with Crippen molar-refractivity contribution in [2.45, 2.75) is 51.1 Å². The molecule has 1 saturated heterocycles. The van der Waals surface area contributed by atoms with Gasteiger partial charge >= 0.3 is 0 Å². The van der Waals surface area contributed by atoms with E-state index in [2.05, 4.69) is 24.6 Å². The molecule has 0 aliphatic carbocycles. The summed E-state index contributed by atoms with van der Waals surface area (Å²) in [6.45, 7) is 1.88. The zero-order valence-corrected chi connectivity index (χ0v) is 15.6. The maximum Gasteiger partial charge on any atom is 0.278 e. The quantitative estimate of drug-likeness (QED) is 0.509. The van der Waals surface area contributed by atoms with Crippen molar-refractivity contribution in [3.8, 4) is 0 Å². The predicted molar refractivity (Wildman–Crippen MR) is 105 cm³/mol. The summed E-state index contributed by atoms with van der Waals surface area (Å²) in [4.78, 5) is 17.6. The fourth-order valence-electron chi connectivity index (χ4n) is 4.63. The van der Waals surface area contributed by atoms with Crippen LogP contribution in [0.25, 0.3) is 10.8 Å². The van der Waals surface area contributed by atoms with Crippen molar-refractivity contribution < 1.29 is 4.92 Å². The highest BCUT2D eigenvalue weighted by Crippen LogP contribution is 2.40. The van der Waals surface area contributed by atoms with Gasteiger partial charge in [-0.05, 0) is 44.2 Å². The third kappa shape index (κ3) is 2.71. The van der Waals surface area contributed by atoms with Crippen LogP contribution in [-0.4, -0.2) is 31.2 Å². The van der Waals surface area contributed by atoms with E-state index in [1.165, 1.54) is 6.42 Å². The number of fused-ring (bicyclic) bond motifs is 2. The maximum absolute atomic E-state index is 11.5. The van der Waals surface area contributed by atoms with Gasteiger partial charge in [-0.1, -0.05) is 0 Å². The number of pyridine rings is 1. The van der Waals surface area contributed by atoms with Crippen molar-refractivity contribution in [1.29, 1.82) is 0 Å². The van der Waals surface area contributed by atoms with Crippen LogP contribution in [0.3, 0.4) is 0 Å². The summed E-state index contributed by atoms with van der Waals surface area (Å²) in [5, 5.41) is 21.9. The van der Waals surface area contributed by atoms with E-state index in [-0.39, 0.29) is 16.7 Å². The van der Waals surface area contributed by atoms with Gasteiger partial charge in [0.2, 0.25) is 0 Å². The number of rotatable bonds is 3. The molecule has 8 nitrogen and oxygen atoms in total. The van der Waals surface area contributed by atoms with Gasteiger partial charge in [0, 0.05) is 49.0 Å². The van der Waals surface area contributed by atoms with Crippen molar-refractivity contribution in [2.24, 2.45) is 0 Å². The molecular weight excluding hydrogens is 356 g/mol. The van der Waals surface area contributed by atoms with Crippen LogP contribution in [0.2, 0.25) is 0 Å². The number of non-ortho nitro benzene ring substituents is 1. The molecule has 0 radical (unpaired) electrons. The first-order chi connectivity index (χ1) is 13.7. The predicted octanol–water partition coefficient (Wildman–Crippen LogP) is 3.80. The Labute approximate surface area is 162 Å². The lowest BCUT2D eigenvalue weighted by Gasteiger charge is -2.38. The second kappa shape index (κ2) is 6.85. The van der Waals surface area contributed by atoms with E-state index in [0.717, 1.165) is 67.9 Å². The van der Waals surface area contributed by atoms with E-state index >= 15 is 0 Å². The highest BCUT2D eigenvalue weighted by Gasteiger charge is 2.31. The van der Waals surface area contributed by atoms with Gasteiger partial charge in [-0.2, -0.15) is 0 Å². The average molecular weight is 378 g/mol. The minimum Gasteiger partial charge on any atom is -0.361 e. The third-order valence-electron chi connectivity index (χ3n) is 5.97. The summed E-state index contributed by atoms with van der Waals surface area (Å²) in [6.07, 6.45) is 9.89. The number of anilines is 1. The number of hydrogen-bond donors (Lipinski definition) is 0. The van der Waals surface area contributed by atoms with E-state index in [9.17, 15) is 10.1 Å². The Kier molecular flexibility index (Phi) is 4.18. The van der Waals surface area contributed by atoms with Crippen LogP contribution in [0, 0.1) is 10.1 Å². The van der Waals surface area contributed by atoms with Crippen molar-refractivity contribution in [3.63, 3.8) is 0 Å². The summed E-state index contributed by atoms with van der Waals surface area (Å²) < 4.78 is 2.29. The molecule has 144 valence electrons. The van der Waals surface area contributed by atoms with Gasteiger partial charge in [0.15, 0.2) is 5.82 Å². The zero-order valence-electron chi connectivity index (χ0n) is 15.6. The average Bonchev–Trinajstić information content (AvgIpc) is 3.17. The van der Waals surface area contributed by atoms with Crippen molar-refractivity contribution in [1.82, 2.24) is 19.7 Å². The first-order valence-electron chi connectivity index (χ1n) is 9.94. The highest BCUT2D eigenvalue weighted by atomic mass is 16.6. The molecule has 0 spiro atoms. The smallest absolute Gasteiger partial charge is 0.278 e. The van der Waals surface area contributed by atoms with E-state index < -0.39 is 0 Å². The Morgan fingerprint density at radius 1 is 1.04 bits per heavy atom. The summed E-state index contributed by atoms with van der Waals surface area (Å²) in [5.41, 5.74) is 1.11. The molecule has 0 amide bonds. The highest BCUT2D eigenvalue weighted by molar-refractivity contribution is 5.99. The number of piperidine rings is 1. The Morgan fingerprint density at radius 2 is 1.93 bits per heavy atom. The minimum absolute atomic E-state index is 0.0975. The molecule has 1 unspecified atom stereocenters. The SMILES string of the molecule is O=[N+]([O-])c1ccc(N2CCCCC2c2nnc3n2CCCC3)c2ccncc12. The van der Waals surface area contributed by atoms with E-state index in [1.54, 1.807) is 18.5 Å². The summed E-state index contributed by atoms with van der Waals surface area (Å²) in [7, 11) is 0.